The van der Waals surface area contributed by atoms with Crippen molar-refractivity contribution < 1.29 is 43.5 Å². The van der Waals surface area contributed by atoms with Gasteiger partial charge in [0.1, 0.15) is 42.3 Å². The second-order valence-corrected chi connectivity index (χ2v) is 22.1. The number of carbonyl (C=O) groups is 8. The predicted octanol–water partition coefficient (Wildman–Crippen LogP) is -0.339. The summed E-state index contributed by atoms with van der Waals surface area (Å²) in [4.78, 5) is 125. The van der Waals surface area contributed by atoms with E-state index in [1.807, 2.05) is 30.3 Å². The van der Waals surface area contributed by atoms with E-state index in [9.17, 15) is 43.5 Å². The van der Waals surface area contributed by atoms with Gasteiger partial charge in [0.2, 0.25) is 47.3 Å². The number of aliphatic hydroxyl groups excluding tert-OH is 1. The van der Waals surface area contributed by atoms with E-state index in [2.05, 4.69) is 52.2 Å². The van der Waals surface area contributed by atoms with Crippen LogP contribution in [0.3, 0.4) is 0 Å². The summed E-state index contributed by atoms with van der Waals surface area (Å²) in [6.45, 7) is 4.67. The highest BCUT2D eigenvalue weighted by Crippen LogP contribution is 2.39. The quantitative estimate of drug-likeness (QED) is 0.0531. The van der Waals surface area contributed by atoms with E-state index in [0.29, 0.717) is 16.8 Å². The molecule has 9 atom stereocenters. The number of rotatable bonds is 17. The van der Waals surface area contributed by atoms with Crippen LogP contribution < -0.4 is 54.4 Å². The third kappa shape index (κ3) is 16.4. The van der Waals surface area contributed by atoms with Crippen LogP contribution in [0.1, 0.15) is 56.0 Å². The third-order valence-electron chi connectivity index (χ3n) is 12.7. The number of imidazole rings is 1. The second kappa shape index (κ2) is 27.5. The molecule has 16 N–H and O–H groups in total. The monoisotopic (exact) mass is 1080 g/mol. The van der Waals surface area contributed by atoms with Gasteiger partial charge in [0.25, 0.3) is 0 Å². The van der Waals surface area contributed by atoms with Gasteiger partial charge in [-0.2, -0.15) is 0 Å². The molecule has 0 aliphatic carbocycles. The minimum Gasteiger partial charge on any atom is -0.391 e. The normalized spacial score (nSPS) is 22.3. The fraction of sp³-hybridized carbons (Fsp3) is 0.404. The highest BCUT2D eigenvalue weighted by Gasteiger charge is 2.42. The lowest BCUT2D eigenvalue weighted by molar-refractivity contribution is -0.136. The van der Waals surface area contributed by atoms with Crippen LogP contribution >= 0.6 is 21.6 Å². The Hall–Kier alpha value is -7.25. The number of nitrogens with one attached hydrogen (secondary N) is 9. The Bertz CT molecular complexity index is 2780. The van der Waals surface area contributed by atoms with Gasteiger partial charge in [-0.3, -0.25) is 38.4 Å². The Balaban J connectivity index is 1.44. The fourth-order valence-corrected chi connectivity index (χ4v) is 11.3. The summed E-state index contributed by atoms with van der Waals surface area (Å²) >= 11 is 0. The molecule has 24 heteroatoms. The van der Waals surface area contributed by atoms with Crippen molar-refractivity contribution in [2.45, 2.75) is 118 Å². The molecule has 2 aromatic heterocycles. The Morgan fingerprint density at radius 3 is 1.97 bits per heavy atom. The van der Waals surface area contributed by atoms with Crippen LogP contribution in [-0.2, 0) is 64.0 Å². The molecule has 76 heavy (non-hydrogen) atoms. The zero-order valence-corrected chi connectivity index (χ0v) is 44.0. The fourth-order valence-electron chi connectivity index (χ4n) is 8.48. The number of para-hydroxylation sites is 1. The molecular formula is C52H67N13O9S2. The van der Waals surface area contributed by atoms with Crippen molar-refractivity contribution in [1.29, 1.82) is 0 Å². The molecule has 1 aliphatic rings. The zero-order valence-electron chi connectivity index (χ0n) is 42.4. The highest BCUT2D eigenvalue weighted by molar-refractivity contribution is 8.77. The maximum absolute atomic E-state index is 14.9. The van der Waals surface area contributed by atoms with Crippen LogP contribution in [0.5, 0.6) is 0 Å². The Morgan fingerprint density at radius 2 is 1.34 bits per heavy atom. The summed E-state index contributed by atoms with van der Waals surface area (Å²) in [5, 5.41) is 30.3. The van der Waals surface area contributed by atoms with Crippen molar-refractivity contribution in [3.05, 3.63) is 126 Å². The van der Waals surface area contributed by atoms with Gasteiger partial charge in [0, 0.05) is 58.8 Å². The first kappa shape index (κ1) is 58.0. The van der Waals surface area contributed by atoms with E-state index in [0.717, 1.165) is 38.1 Å². The van der Waals surface area contributed by atoms with Crippen LogP contribution in [0.2, 0.25) is 0 Å². The number of H-pyrrole nitrogens is 2. The number of nitrogens with two attached hydrogens (primary N) is 3. The molecule has 0 spiro atoms. The van der Waals surface area contributed by atoms with Crippen molar-refractivity contribution in [3.8, 4) is 0 Å². The average molecular weight is 1080 g/mol. The van der Waals surface area contributed by atoms with Gasteiger partial charge in [-0.1, -0.05) is 100 Å². The van der Waals surface area contributed by atoms with Gasteiger partial charge in [0.05, 0.1) is 18.5 Å². The first-order valence-electron chi connectivity index (χ1n) is 24.8. The van der Waals surface area contributed by atoms with Crippen molar-refractivity contribution in [2.75, 3.05) is 12.3 Å². The van der Waals surface area contributed by atoms with E-state index < -0.39 is 106 Å². The molecule has 0 saturated carbocycles. The lowest BCUT2D eigenvalue weighted by atomic mass is 9.99. The second-order valence-electron chi connectivity index (χ2n) is 19.1. The minimum absolute atomic E-state index is 0.00461. The first-order valence-corrected chi connectivity index (χ1v) is 27.1. The molecular weight excluding hydrogens is 1010 g/mol. The first-order chi connectivity index (χ1) is 36.3. The summed E-state index contributed by atoms with van der Waals surface area (Å²) in [7, 11) is 2.07. The van der Waals surface area contributed by atoms with E-state index in [1.165, 1.54) is 19.4 Å². The molecule has 0 bridgehead atoms. The number of fused-ring (bicyclic) bond motifs is 1. The van der Waals surface area contributed by atoms with Gasteiger partial charge in [0.15, 0.2) is 0 Å². The maximum atomic E-state index is 14.9. The van der Waals surface area contributed by atoms with Crippen molar-refractivity contribution in [3.63, 3.8) is 0 Å². The Labute approximate surface area is 447 Å². The molecule has 1 fully saturated rings. The molecule has 1 aliphatic heterocycles. The van der Waals surface area contributed by atoms with E-state index in [1.54, 1.807) is 74.6 Å². The number of nitrogens with zero attached hydrogens (tertiary/aromatic N) is 1. The lowest BCUT2D eigenvalue weighted by Crippen LogP contribution is -2.63. The largest absolute Gasteiger partial charge is 0.391 e. The molecule has 3 aromatic carbocycles. The summed E-state index contributed by atoms with van der Waals surface area (Å²) in [5.41, 5.74) is 21.2. The summed E-state index contributed by atoms with van der Waals surface area (Å²) in [6.07, 6.45) is 3.14. The summed E-state index contributed by atoms with van der Waals surface area (Å²) in [6, 6.07) is 14.0. The van der Waals surface area contributed by atoms with Gasteiger partial charge >= 0.3 is 0 Å². The lowest BCUT2D eigenvalue weighted by Gasteiger charge is -2.35. The number of aromatic amines is 2. The molecule has 1 saturated heterocycles. The standard InChI is InChI=1S/C52H67N13O9S2/c1-29(66)42(44(55)67)64-50(73)41-27-75-76-52(2,3)43(65-45(68)35(54)21-30-13-6-4-7-14-30)51(74)62-40(24-33-26-56-28-58-33)49(72)60-38(22-31-15-8-5-9-16-31)47(70)59-37(19-12-20-53)46(69)61-39(48(71)63-41)23-32-25-57-36-18-11-10-17-34(32)36/h4-11,13-18,25-26,28-29,35,37-43,57,66H,12,19-24,27,53-54H2,1-3H3,(H2,55,67)(H,56,58)(H,59,70)(H,60,72)(H,61,69)(H,62,74)(H,63,71)(H,64,73)(H,65,68)/t29-,35-,37+,38+,39-,40+,41-,42+,43-/m1/s1. The number of aromatic nitrogens is 3. The number of aliphatic hydroxyl groups is 1. The van der Waals surface area contributed by atoms with E-state index in [4.69, 9.17) is 17.2 Å². The molecule has 6 rings (SSSR count). The molecule has 406 valence electrons. The van der Waals surface area contributed by atoms with Crippen LogP contribution in [0.4, 0.5) is 0 Å². The van der Waals surface area contributed by atoms with Crippen LogP contribution in [-0.4, -0.2) is 139 Å². The molecule has 8 amide bonds. The SMILES string of the molecule is C[C@@H](O)[C@H](NC(=O)[C@H]1CSSC(C)(C)[C@H](NC(=O)[C@H](N)Cc2ccccc2)C(=O)N[C@@H](Cc2cnc[nH]2)C(=O)N[C@@H](Cc2ccccc2)C(=O)N[C@@H](CCCN)C(=O)N[C@H](Cc2c[nH]c3ccccc23)C(=O)N1)C(N)=O. The molecule has 0 radical (unpaired) electrons. The minimum atomic E-state index is -1.57. The highest BCUT2D eigenvalue weighted by atomic mass is 33.1. The maximum Gasteiger partial charge on any atom is 0.244 e. The zero-order chi connectivity index (χ0) is 54.9. The van der Waals surface area contributed by atoms with Gasteiger partial charge < -0.3 is 69.5 Å². The molecule has 5 aromatic rings. The Morgan fingerprint density at radius 1 is 0.763 bits per heavy atom. The van der Waals surface area contributed by atoms with Gasteiger partial charge in [-0.25, -0.2) is 4.98 Å². The number of amides is 8. The molecule has 22 nitrogen and oxygen atoms in total. The number of carbonyl (C=O) groups excluding carboxylic acids is 8. The Kier molecular flexibility index (Phi) is 21.0. The predicted molar refractivity (Wildman–Crippen MR) is 289 cm³/mol. The van der Waals surface area contributed by atoms with Crippen molar-refractivity contribution >= 4 is 79.7 Å². The molecule has 0 unspecified atom stereocenters. The number of hydrogen-bond acceptors (Lipinski definition) is 14. The van der Waals surface area contributed by atoms with Crippen LogP contribution in [0, 0.1) is 0 Å². The summed E-state index contributed by atoms with van der Waals surface area (Å²) in [5.74, 6) is -6.96. The third-order valence-corrected chi connectivity index (χ3v) is 16.0. The van der Waals surface area contributed by atoms with Crippen LogP contribution in [0.25, 0.3) is 10.9 Å². The van der Waals surface area contributed by atoms with Crippen molar-refractivity contribution in [2.24, 2.45) is 17.2 Å². The van der Waals surface area contributed by atoms with E-state index in [-0.39, 0.29) is 50.8 Å². The topological polar surface area (TPSA) is 364 Å². The van der Waals surface area contributed by atoms with Crippen molar-refractivity contribution in [1.82, 2.24) is 52.2 Å². The molecule has 3 heterocycles. The summed E-state index contributed by atoms with van der Waals surface area (Å²) < 4.78 is -1.31. The smallest absolute Gasteiger partial charge is 0.244 e. The van der Waals surface area contributed by atoms with Gasteiger partial charge in [-0.05, 0) is 69.3 Å². The number of benzene rings is 3. The average Bonchev–Trinajstić information content (AvgIpc) is 4.07. The number of primary amides is 1. The number of hydrogen-bond donors (Lipinski definition) is 13. The van der Waals surface area contributed by atoms with E-state index >= 15 is 0 Å². The van der Waals surface area contributed by atoms with Gasteiger partial charge in [-0.15, -0.1) is 0 Å². The van der Waals surface area contributed by atoms with Crippen LogP contribution in [0.15, 0.2) is 104 Å².